The number of rotatable bonds is 20. The highest BCUT2D eigenvalue weighted by molar-refractivity contribution is 6.42. The number of ether oxygens (including phenoxy) is 1. The fourth-order valence-corrected chi connectivity index (χ4v) is 6.81. The van der Waals surface area contributed by atoms with Gasteiger partial charge in [-0.25, -0.2) is 0 Å². The summed E-state index contributed by atoms with van der Waals surface area (Å²) in [6.07, 6.45) is 18.1. The first-order chi connectivity index (χ1) is 24.2. The third-order valence-corrected chi connectivity index (χ3v) is 9.27. The zero-order valence-electron chi connectivity index (χ0n) is 28.7. The Morgan fingerprint density at radius 3 is 2.06 bits per heavy atom. The third kappa shape index (κ3) is 12.9. The molecule has 0 atom stereocenters. The fourth-order valence-electron chi connectivity index (χ4n) is 5.84. The lowest BCUT2D eigenvalue weighted by Gasteiger charge is -2.15. The highest BCUT2D eigenvalue weighted by atomic mass is 35.5. The molecule has 50 heavy (non-hydrogen) atoms. The number of nitrogens with zero attached hydrogens (tertiary/aromatic N) is 2. The van der Waals surface area contributed by atoms with E-state index in [0.717, 1.165) is 17.9 Å². The van der Waals surface area contributed by atoms with Crippen molar-refractivity contribution in [2.75, 3.05) is 16.9 Å². The summed E-state index contributed by atoms with van der Waals surface area (Å²) < 4.78 is 5.78. The molecule has 3 aromatic carbocycles. The van der Waals surface area contributed by atoms with Crippen LogP contribution in [0, 0.1) is 0 Å². The third-order valence-electron chi connectivity index (χ3n) is 8.47. The van der Waals surface area contributed by atoms with Crippen molar-refractivity contribution in [1.29, 1.82) is 0 Å². The van der Waals surface area contributed by atoms with Gasteiger partial charge in [0.25, 0.3) is 17.7 Å². The Balaban J connectivity index is 1.15. The molecule has 2 N–H and O–H groups in total. The minimum absolute atomic E-state index is 0.126. The first-order valence-electron chi connectivity index (χ1n) is 17.7. The summed E-state index contributed by atoms with van der Waals surface area (Å²) in [7, 11) is 0. The van der Waals surface area contributed by atoms with Crippen molar-refractivity contribution in [1.82, 2.24) is 5.32 Å². The summed E-state index contributed by atoms with van der Waals surface area (Å²) in [6, 6.07) is 17.2. The second-order valence-corrected chi connectivity index (χ2v) is 13.9. The number of benzene rings is 3. The number of nitrogens with one attached hydrogen (secondary N) is 2. The van der Waals surface area contributed by atoms with Crippen molar-refractivity contribution in [2.45, 2.75) is 103 Å². The molecule has 268 valence electrons. The number of halogens is 3. The summed E-state index contributed by atoms with van der Waals surface area (Å²) >= 11 is 18.5. The zero-order valence-corrected chi connectivity index (χ0v) is 31.0. The van der Waals surface area contributed by atoms with Crippen molar-refractivity contribution in [3.05, 3.63) is 86.9 Å². The van der Waals surface area contributed by atoms with E-state index in [-0.39, 0.29) is 46.1 Å². The van der Waals surface area contributed by atoms with Crippen LogP contribution in [-0.2, 0) is 16.0 Å². The number of anilines is 2. The lowest BCUT2D eigenvalue weighted by molar-refractivity contribution is -0.118. The van der Waals surface area contributed by atoms with Gasteiger partial charge in [-0.1, -0.05) is 137 Å². The summed E-state index contributed by atoms with van der Waals surface area (Å²) in [5.41, 5.74) is 2.06. The molecule has 11 heteroatoms. The molecular weight excluding hydrogens is 695 g/mol. The summed E-state index contributed by atoms with van der Waals surface area (Å²) in [5, 5.41) is 11.3. The summed E-state index contributed by atoms with van der Waals surface area (Å²) in [6.45, 7) is 2.09. The van der Waals surface area contributed by atoms with Gasteiger partial charge in [0.1, 0.15) is 17.3 Å². The Bertz CT molecular complexity index is 1610. The summed E-state index contributed by atoms with van der Waals surface area (Å²) in [4.78, 5) is 38.3. The monoisotopic (exact) mass is 740 g/mol. The van der Waals surface area contributed by atoms with Gasteiger partial charge < -0.3 is 15.4 Å². The van der Waals surface area contributed by atoms with E-state index in [1.54, 1.807) is 18.2 Å². The van der Waals surface area contributed by atoms with Gasteiger partial charge >= 0.3 is 0 Å². The van der Waals surface area contributed by atoms with E-state index in [0.29, 0.717) is 16.5 Å². The average Bonchev–Trinajstić information content (AvgIpc) is 3.44. The topological polar surface area (TPSA) is 100 Å². The number of carbonyl (C=O) groups excluding carboxylic acids is 3. The number of carbonyl (C=O) groups is 3. The minimum atomic E-state index is -0.501. The van der Waals surface area contributed by atoms with Crippen LogP contribution in [-0.4, -0.2) is 30.2 Å². The number of hydrazone groups is 1. The SMILES string of the molecule is CCCCCCCCCCCCCCCc1cccc(OCC(=O)Nc2cccc(C(=O)NC3=NN(c4c(Cl)cc(Cl)cc4Cl)C(=O)C3)c2)c1. The molecule has 1 heterocycles. The first kappa shape index (κ1) is 39.2. The van der Waals surface area contributed by atoms with Crippen molar-refractivity contribution in [3.8, 4) is 5.75 Å². The second-order valence-electron chi connectivity index (χ2n) is 12.7. The van der Waals surface area contributed by atoms with Crippen LogP contribution in [0.25, 0.3) is 0 Å². The van der Waals surface area contributed by atoms with Crippen molar-refractivity contribution >= 4 is 69.7 Å². The maximum Gasteiger partial charge on any atom is 0.262 e. The molecule has 0 fully saturated rings. The van der Waals surface area contributed by atoms with Crippen LogP contribution < -0.4 is 20.4 Å². The molecule has 1 aliphatic rings. The molecule has 8 nitrogen and oxygen atoms in total. The maximum absolute atomic E-state index is 13.0. The molecule has 0 unspecified atom stereocenters. The molecular formula is C39H47Cl3N4O4. The highest BCUT2D eigenvalue weighted by Gasteiger charge is 2.30. The van der Waals surface area contributed by atoms with Gasteiger partial charge in [0.05, 0.1) is 16.5 Å². The lowest BCUT2D eigenvalue weighted by Crippen LogP contribution is -2.29. The van der Waals surface area contributed by atoms with Gasteiger partial charge in [-0.05, 0) is 60.9 Å². The van der Waals surface area contributed by atoms with Gasteiger partial charge in [-0.3, -0.25) is 14.4 Å². The quantitative estimate of drug-likeness (QED) is 0.113. The molecule has 3 amide bonds. The molecule has 4 rings (SSSR count). The Morgan fingerprint density at radius 2 is 1.40 bits per heavy atom. The number of hydrogen-bond donors (Lipinski definition) is 2. The number of amidine groups is 1. The Labute approximate surface area is 310 Å². The Kier molecular flexibility index (Phi) is 16.4. The van der Waals surface area contributed by atoms with E-state index >= 15 is 0 Å². The maximum atomic E-state index is 13.0. The molecule has 0 saturated carbocycles. The van der Waals surface area contributed by atoms with Crippen LogP contribution in [0.15, 0.2) is 65.8 Å². The molecule has 0 aromatic heterocycles. The molecule has 0 saturated heterocycles. The highest BCUT2D eigenvalue weighted by Crippen LogP contribution is 2.38. The second kappa shape index (κ2) is 20.9. The predicted molar refractivity (Wildman–Crippen MR) is 205 cm³/mol. The van der Waals surface area contributed by atoms with Gasteiger partial charge in [-0.15, -0.1) is 0 Å². The molecule has 0 spiro atoms. The predicted octanol–water partition coefficient (Wildman–Crippen LogP) is 10.8. The molecule has 0 aliphatic carbocycles. The Morgan fingerprint density at radius 1 is 0.780 bits per heavy atom. The van der Waals surface area contributed by atoms with Crippen LogP contribution in [0.4, 0.5) is 11.4 Å². The number of aryl methyl sites for hydroxylation is 1. The van der Waals surface area contributed by atoms with Crippen molar-refractivity contribution in [2.24, 2.45) is 5.10 Å². The normalized spacial score (nSPS) is 12.6. The fraction of sp³-hybridized carbons (Fsp3) is 0.436. The Hall–Kier alpha value is -3.59. The standard InChI is InChI=1S/C39H47Cl3N4O4/c1-2-3-4-5-6-7-8-9-10-11-12-13-14-17-28-18-15-21-32(22-28)50-27-36(47)43-31-20-16-19-29(23-31)39(49)44-35-26-37(48)46(45-35)38-33(41)24-30(40)25-34(38)42/h15-16,18-25H,2-14,17,26-27H2,1H3,(H,43,47)(H,44,45,49). The van der Waals surface area contributed by atoms with Gasteiger partial charge in [0.15, 0.2) is 6.61 Å². The molecule has 0 bridgehead atoms. The number of hydrogen-bond acceptors (Lipinski definition) is 5. The average molecular weight is 742 g/mol. The lowest BCUT2D eigenvalue weighted by atomic mass is 10.0. The van der Waals surface area contributed by atoms with Gasteiger partial charge in [-0.2, -0.15) is 10.1 Å². The number of amides is 3. The smallest absolute Gasteiger partial charge is 0.262 e. The van der Waals surface area contributed by atoms with E-state index in [9.17, 15) is 14.4 Å². The van der Waals surface area contributed by atoms with Crippen molar-refractivity contribution in [3.63, 3.8) is 0 Å². The van der Waals surface area contributed by atoms with E-state index in [4.69, 9.17) is 39.5 Å². The van der Waals surface area contributed by atoms with Gasteiger partial charge in [0, 0.05) is 16.3 Å². The molecule has 0 radical (unpaired) electrons. The zero-order chi connectivity index (χ0) is 35.7. The van der Waals surface area contributed by atoms with E-state index in [1.807, 2.05) is 18.2 Å². The molecule has 3 aromatic rings. The molecule has 1 aliphatic heterocycles. The van der Waals surface area contributed by atoms with E-state index in [1.165, 1.54) is 101 Å². The van der Waals surface area contributed by atoms with E-state index < -0.39 is 11.8 Å². The van der Waals surface area contributed by atoms with Crippen LogP contribution >= 0.6 is 34.8 Å². The summed E-state index contributed by atoms with van der Waals surface area (Å²) in [5.74, 6) is -0.511. The first-order valence-corrected chi connectivity index (χ1v) is 18.8. The van der Waals surface area contributed by atoms with Crippen LogP contribution in [0.3, 0.4) is 0 Å². The van der Waals surface area contributed by atoms with Crippen LogP contribution in [0.2, 0.25) is 15.1 Å². The minimum Gasteiger partial charge on any atom is -0.484 e. The number of unbranched alkanes of at least 4 members (excludes halogenated alkanes) is 12. The van der Waals surface area contributed by atoms with Crippen molar-refractivity contribution < 1.29 is 19.1 Å². The van der Waals surface area contributed by atoms with Gasteiger partial charge in [0.2, 0.25) is 0 Å². The van der Waals surface area contributed by atoms with E-state index in [2.05, 4.69) is 28.7 Å². The van der Waals surface area contributed by atoms with Crippen LogP contribution in [0.5, 0.6) is 5.75 Å². The van der Waals surface area contributed by atoms with Crippen LogP contribution in [0.1, 0.15) is 113 Å². The largest absolute Gasteiger partial charge is 0.484 e.